The first-order chi connectivity index (χ1) is 8.49. The van der Waals surface area contributed by atoms with Crippen molar-refractivity contribution in [3.63, 3.8) is 0 Å². The summed E-state index contributed by atoms with van der Waals surface area (Å²) in [5.74, 6) is -0.910. The van der Waals surface area contributed by atoms with Crippen molar-refractivity contribution < 1.29 is 9.90 Å². The molecule has 1 saturated heterocycles. The summed E-state index contributed by atoms with van der Waals surface area (Å²) in [7, 11) is 0. The van der Waals surface area contributed by atoms with E-state index in [4.69, 9.17) is 5.11 Å². The lowest BCUT2D eigenvalue weighted by molar-refractivity contribution is 0.0681. The largest absolute Gasteiger partial charge is 0.476 e. The molecule has 2 atom stereocenters. The van der Waals surface area contributed by atoms with Crippen LogP contribution in [0.5, 0.6) is 0 Å². The van der Waals surface area contributed by atoms with Crippen LogP contribution in [-0.4, -0.2) is 33.0 Å². The zero-order valence-corrected chi connectivity index (χ0v) is 12.0. The number of carboxylic acid groups (broad SMARTS) is 1. The Morgan fingerprint density at radius 1 is 1.44 bits per heavy atom. The van der Waals surface area contributed by atoms with Gasteiger partial charge in [0.2, 0.25) is 0 Å². The molecular formula is C13H20N2O2S. The molecule has 1 aliphatic rings. The summed E-state index contributed by atoms with van der Waals surface area (Å²) in [6.45, 7) is 7.03. The number of nitrogens with zero attached hydrogens (tertiary/aromatic N) is 2. The van der Waals surface area contributed by atoms with Crippen LogP contribution in [0.4, 0.5) is 0 Å². The van der Waals surface area contributed by atoms with E-state index in [0.717, 1.165) is 16.4 Å². The Balaban J connectivity index is 2.19. The molecule has 0 amide bonds. The van der Waals surface area contributed by atoms with Crippen LogP contribution in [0.3, 0.4) is 0 Å². The predicted molar refractivity (Wildman–Crippen MR) is 72.1 cm³/mol. The normalized spacial score (nSPS) is 25.3. The van der Waals surface area contributed by atoms with Crippen molar-refractivity contribution in [2.75, 3.05) is 0 Å². The number of aromatic carboxylic acids is 1. The quantitative estimate of drug-likeness (QED) is 0.915. The molecule has 0 saturated carbocycles. The summed E-state index contributed by atoms with van der Waals surface area (Å²) in [6, 6.07) is 1.05. The minimum atomic E-state index is -0.910. The van der Waals surface area contributed by atoms with Crippen molar-refractivity contribution in [2.24, 2.45) is 0 Å². The van der Waals surface area contributed by atoms with E-state index >= 15 is 0 Å². The second-order valence-electron chi connectivity index (χ2n) is 5.11. The van der Waals surface area contributed by atoms with Crippen molar-refractivity contribution in [1.29, 1.82) is 0 Å². The lowest BCUT2D eigenvalue weighted by atomic mass is 9.97. The van der Waals surface area contributed by atoms with Gasteiger partial charge in [0.1, 0.15) is 0 Å². The number of thiazole rings is 1. The third-order valence-electron chi connectivity index (χ3n) is 3.71. The van der Waals surface area contributed by atoms with E-state index in [1.165, 1.54) is 30.6 Å². The van der Waals surface area contributed by atoms with E-state index in [2.05, 4.69) is 23.7 Å². The molecule has 1 fully saturated rings. The zero-order valence-electron chi connectivity index (χ0n) is 11.1. The molecule has 0 bridgehead atoms. The van der Waals surface area contributed by atoms with Gasteiger partial charge in [0, 0.05) is 18.6 Å². The standard InChI is InChI=1S/C13H20N2O2S/c1-8-5-4-6-9(2)15(8)7-11-12(13(16)17)14-10(3)18-11/h8-9H,4-7H2,1-3H3,(H,16,17). The van der Waals surface area contributed by atoms with Gasteiger partial charge in [-0.05, 0) is 33.6 Å². The fourth-order valence-electron chi connectivity index (χ4n) is 2.70. The molecule has 1 aliphatic heterocycles. The van der Waals surface area contributed by atoms with Crippen LogP contribution in [0.15, 0.2) is 0 Å². The first kappa shape index (κ1) is 13.5. The first-order valence-corrected chi connectivity index (χ1v) is 7.26. The summed E-state index contributed by atoms with van der Waals surface area (Å²) >= 11 is 1.51. The van der Waals surface area contributed by atoms with Crippen LogP contribution in [0.2, 0.25) is 0 Å². The summed E-state index contributed by atoms with van der Waals surface area (Å²) < 4.78 is 0. The highest BCUT2D eigenvalue weighted by Gasteiger charge is 2.27. The van der Waals surface area contributed by atoms with Gasteiger partial charge in [-0.15, -0.1) is 11.3 Å². The number of carbonyl (C=O) groups is 1. The number of rotatable bonds is 3. The van der Waals surface area contributed by atoms with E-state index in [1.54, 1.807) is 0 Å². The zero-order chi connectivity index (χ0) is 13.3. The monoisotopic (exact) mass is 268 g/mol. The molecule has 0 spiro atoms. The van der Waals surface area contributed by atoms with Gasteiger partial charge in [0.05, 0.1) is 9.88 Å². The lowest BCUT2D eigenvalue weighted by Gasteiger charge is -2.38. The van der Waals surface area contributed by atoms with Gasteiger partial charge in [0.25, 0.3) is 0 Å². The molecule has 2 rings (SSSR count). The van der Waals surface area contributed by atoms with E-state index in [0.29, 0.717) is 12.1 Å². The average molecular weight is 268 g/mol. The maximum atomic E-state index is 11.2. The minimum Gasteiger partial charge on any atom is -0.476 e. The highest BCUT2D eigenvalue weighted by atomic mass is 32.1. The van der Waals surface area contributed by atoms with Crippen LogP contribution in [-0.2, 0) is 6.54 Å². The molecule has 18 heavy (non-hydrogen) atoms. The van der Waals surface area contributed by atoms with Crippen LogP contribution < -0.4 is 0 Å². The van der Waals surface area contributed by atoms with Crippen molar-refractivity contribution in [3.8, 4) is 0 Å². The Morgan fingerprint density at radius 2 is 2.06 bits per heavy atom. The van der Waals surface area contributed by atoms with E-state index in [9.17, 15) is 4.79 Å². The summed E-state index contributed by atoms with van der Waals surface area (Å²) in [6.07, 6.45) is 3.67. The molecule has 5 heteroatoms. The molecule has 0 aliphatic carbocycles. The Hall–Kier alpha value is -0.940. The maximum absolute atomic E-state index is 11.2. The molecule has 0 radical (unpaired) electrons. The lowest BCUT2D eigenvalue weighted by Crippen LogP contribution is -2.43. The molecule has 2 heterocycles. The van der Waals surface area contributed by atoms with Gasteiger partial charge >= 0.3 is 5.97 Å². The molecule has 1 aromatic heterocycles. The van der Waals surface area contributed by atoms with Gasteiger partial charge < -0.3 is 5.11 Å². The fraction of sp³-hybridized carbons (Fsp3) is 0.692. The average Bonchev–Trinajstić information content (AvgIpc) is 2.65. The Bertz CT molecular complexity index is 434. The van der Waals surface area contributed by atoms with E-state index < -0.39 is 5.97 Å². The molecule has 1 N–H and O–H groups in total. The Labute approximate surface area is 112 Å². The molecular weight excluding hydrogens is 248 g/mol. The van der Waals surface area contributed by atoms with Crippen molar-refractivity contribution in [3.05, 3.63) is 15.6 Å². The topological polar surface area (TPSA) is 53.4 Å². The van der Waals surface area contributed by atoms with Gasteiger partial charge in [-0.2, -0.15) is 0 Å². The fourth-order valence-corrected chi connectivity index (χ4v) is 3.63. The summed E-state index contributed by atoms with van der Waals surface area (Å²) in [5, 5.41) is 10.00. The van der Waals surface area contributed by atoms with E-state index in [-0.39, 0.29) is 5.69 Å². The third-order valence-corrected chi connectivity index (χ3v) is 4.66. The smallest absolute Gasteiger partial charge is 0.355 e. The van der Waals surface area contributed by atoms with Crippen LogP contribution >= 0.6 is 11.3 Å². The number of aromatic nitrogens is 1. The van der Waals surface area contributed by atoms with Crippen molar-refractivity contribution in [1.82, 2.24) is 9.88 Å². The number of aryl methyl sites for hydroxylation is 1. The number of likely N-dealkylation sites (tertiary alicyclic amines) is 1. The number of hydrogen-bond donors (Lipinski definition) is 1. The van der Waals surface area contributed by atoms with Gasteiger partial charge in [0.15, 0.2) is 5.69 Å². The molecule has 4 nitrogen and oxygen atoms in total. The first-order valence-electron chi connectivity index (χ1n) is 6.44. The molecule has 1 aromatic rings. The Kier molecular flexibility index (Phi) is 4.02. The molecule has 0 aromatic carbocycles. The third kappa shape index (κ3) is 2.72. The van der Waals surface area contributed by atoms with Gasteiger partial charge in [-0.25, -0.2) is 9.78 Å². The predicted octanol–water partition coefficient (Wildman–Crippen LogP) is 2.91. The summed E-state index contributed by atoms with van der Waals surface area (Å²) in [5.41, 5.74) is 0.238. The molecule has 2 unspecified atom stereocenters. The number of carboxylic acids is 1. The number of hydrogen-bond acceptors (Lipinski definition) is 4. The van der Waals surface area contributed by atoms with E-state index in [1.807, 2.05) is 6.92 Å². The van der Waals surface area contributed by atoms with Crippen molar-refractivity contribution in [2.45, 2.75) is 58.7 Å². The van der Waals surface area contributed by atoms with Crippen LogP contribution in [0, 0.1) is 6.92 Å². The SMILES string of the molecule is Cc1nc(C(=O)O)c(CN2C(C)CCCC2C)s1. The van der Waals surface area contributed by atoms with Crippen LogP contribution in [0.25, 0.3) is 0 Å². The second-order valence-corrected chi connectivity index (χ2v) is 6.40. The number of piperidine rings is 1. The Morgan fingerprint density at radius 3 is 2.61 bits per heavy atom. The van der Waals surface area contributed by atoms with Gasteiger partial charge in [-0.1, -0.05) is 6.42 Å². The van der Waals surface area contributed by atoms with Crippen LogP contribution in [0.1, 0.15) is 53.5 Å². The molecule has 100 valence electrons. The van der Waals surface area contributed by atoms with Gasteiger partial charge in [-0.3, -0.25) is 4.90 Å². The second kappa shape index (κ2) is 5.36. The summed E-state index contributed by atoms with van der Waals surface area (Å²) in [4.78, 5) is 18.6. The maximum Gasteiger partial charge on any atom is 0.355 e. The van der Waals surface area contributed by atoms with Crippen molar-refractivity contribution >= 4 is 17.3 Å². The highest BCUT2D eigenvalue weighted by Crippen LogP contribution is 2.27. The highest BCUT2D eigenvalue weighted by molar-refractivity contribution is 7.11. The minimum absolute atomic E-state index is 0.238.